The summed E-state index contributed by atoms with van der Waals surface area (Å²) < 4.78 is 6.11. The number of hydrogen-bond donors (Lipinski definition) is 0. The molecule has 0 aliphatic carbocycles. The summed E-state index contributed by atoms with van der Waals surface area (Å²) >= 11 is 0. The van der Waals surface area contributed by atoms with Crippen LogP contribution in [0, 0.1) is 0 Å². The Labute approximate surface area is 116 Å². The van der Waals surface area contributed by atoms with Gasteiger partial charge in [-0.25, -0.2) is 4.99 Å². The number of hydrogen-bond acceptors (Lipinski definition) is 2. The van der Waals surface area contributed by atoms with E-state index in [0.717, 1.165) is 24.3 Å². The predicted molar refractivity (Wildman–Crippen MR) is 80.7 cm³/mol. The second-order valence-corrected chi connectivity index (χ2v) is 5.31. The van der Waals surface area contributed by atoms with Gasteiger partial charge in [0.1, 0.15) is 6.10 Å². The van der Waals surface area contributed by atoms with Crippen LogP contribution in [0.3, 0.4) is 0 Å². The maximum Gasteiger partial charge on any atom is 0.216 e. The lowest BCUT2D eigenvalue weighted by Gasteiger charge is -2.17. The first kappa shape index (κ1) is 14.1. The monoisotopic (exact) mass is 259 g/mol. The SMILES string of the molecule is CCCCC1N=C(c2ccccc2)OC1CCCC. The average molecular weight is 259 g/mol. The summed E-state index contributed by atoms with van der Waals surface area (Å²) in [5.74, 6) is 0.850. The molecule has 0 N–H and O–H groups in total. The first-order valence-corrected chi connectivity index (χ1v) is 7.65. The largest absolute Gasteiger partial charge is 0.472 e. The number of nitrogens with zero attached hydrogens (tertiary/aromatic N) is 1. The highest BCUT2D eigenvalue weighted by molar-refractivity contribution is 5.95. The molecule has 2 unspecified atom stereocenters. The number of ether oxygens (including phenoxy) is 1. The summed E-state index contributed by atoms with van der Waals surface area (Å²) in [5.41, 5.74) is 1.11. The molecule has 1 aliphatic heterocycles. The van der Waals surface area contributed by atoms with Crippen LogP contribution >= 0.6 is 0 Å². The van der Waals surface area contributed by atoms with Gasteiger partial charge in [0.2, 0.25) is 5.90 Å². The molecule has 1 aromatic carbocycles. The maximum atomic E-state index is 6.11. The Bertz CT molecular complexity index is 399. The van der Waals surface area contributed by atoms with Gasteiger partial charge < -0.3 is 4.74 Å². The molecule has 0 spiro atoms. The van der Waals surface area contributed by atoms with Crippen molar-refractivity contribution in [2.24, 2.45) is 4.99 Å². The minimum absolute atomic E-state index is 0.293. The van der Waals surface area contributed by atoms with Crippen LogP contribution in [0.25, 0.3) is 0 Å². The van der Waals surface area contributed by atoms with Gasteiger partial charge in [-0.05, 0) is 31.4 Å². The molecule has 104 valence electrons. The molecule has 1 heterocycles. The van der Waals surface area contributed by atoms with Crippen molar-refractivity contribution in [3.8, 4) is 0 Å². The van der Waals surface area contributed by atoms with Crippen molar-refractivity contribution in [1.82, 2.24) is 0 Å². The molecule has 19 heavy (non-hydrogen) atoms. The van der Waals surface area contributed by atoms with Crippen LogP contribution in [0.4, 0.5) is 0 Å². The van der Waals surface area contributed by atoms with E-state index >= 15 is 0 Å². The van der Waals surface area contributed by atoms with Crippen molar-refractivity contribution in [2.45, 2.75) is 64.5 Å². The quantitative estimate of drug-likeness (QED) is 0.702. The van der Waals surface area contributed by atoms with Gasteiger partial charge in [0.05, 0.1) is 6.04 Å². The fourth-order valence-electron chi connectivity index (χ4n) is 2.53. The molecular formula is C17H25NO. The van der Waals surface area contributed by atoms with Crippen LogP contribution in [0.2, 0.25) is 0 Å². The van der Waals surface area contributed by atoms with E-state index < -0.39 is 0 Å². The molecular weight excluding hydrogens is 234 g/mol. The van der Waals surface area contributed by atoms with Gasteiger partial charge in [-0.3, -0.25) is 0 Å². The van der Waals surface area contributed by atoms with Crippen LogP contribution in [0.1, 0.15) is 57.9 Å². The summed E-state index contributed by atoms with van der Waals surface area (Å²) in [6.45, 7) is 4.47. The van der Waals surface area contributed by atoms with Gasteiger partial charge >= 0.3 is 0 Å². The zero-order valence-corrected chi connectivity index (χ0v) is 12.1. The van der Waals surface area contributed by atoms with Crippen molar-refractivity contribution < 1.29 is 4.74 Å². The molecule has 0 aromatic heterocycles. The van der Waals surface area contributed by atoms with Gasteiger partial charge in [-0.1, -0.05) is 51.3 Å². The summed E-state index contributed by atoms with van der Waals surface area (Å²) in [5, 5.41) is 0. The van der Waals surface area contributed by atoms with Crippen molar-refractivity contribution in [2.75, 3.05) is 0 Å². The molecule has 0 saturated heterocycles. The lowest BCUT2D eigenvalue weighted by molar-refractivity contribution is 0.173. The summed E-state index contributed by atoms with van der Waals surface area (Å²) in [6, 6.07) is 10.6. The van der Waals surface area contributed by atoms with E-state index in [1.807, 2.05) is 18.2 Å². The third-order valence-corrected chi connectivity index (χ3v) is 3.69. The molecule has 0 bridgehead atoms. The van der Waals surface area contributed by atoms with Crippen LogP contribution < -0.4 is 0 Å². The molecule has 0 amide bonds. The van der Waals surface area contributed by atoms with E-state index in [1.165, 1.54) is 25.7 Å². The van der Waals surface area contributed by atoms with E-state index in [1.54, 1.807) is 0 Å². The fraction of sp³-hybridized carbons (Fsp3) is 0.588. The minimum Gasteiger partial charge on any atom is -0.472 e. The highest BCUT2D eigenvalue weighted by atomic mass is 16.5. The van der Waals surface area contributed by atoms with E-state index in [0.29, 0.717) is 12.1 Å². The Kier molecular flexibility index (Phi) is 5.44. The summed E-state index contributed by atoms with van der Waals surface area (Å²) in [6.07, 6.45) is 7.49. The maximum absolute atomic E-state index is 6.11. The number of benzene rings is 1. The second kappa shape index (κ2) is 7.32. The zero-order chi connectivity index (χ0) is 13.5. The van der Waals surface area contributed by atoms with E-state index in [9.17, 15) is 0 Å². The molecule has 1 aromatic rings. The Hall–Kier alpha value is -1.31. The molecule has 2 atom stereocenters. The minimum atomic E-state index is 0.293. The lowest BCUT2D eigenvalue weighted by atomic mass is 10.0. The summed E-state index contributed by atoms with van der Waals surface area (Å²) in [4.78, 5) is 4.82. The van der Waals surface area contributed by atoms with Gasteiger partial charge in [0.25, 0.3) is 0 Å². The Morgan fingerprint density at radius 1 is 1.00 bits per heavy atom. The van der Waals surface area contributed by atoms with E-state index in [2.05, 4.69) is 26.0 Å². The van der Waals surface area contributed by atoms with E-state index in [-0.39, 0.29) is 0 Å². The zero-order valence-electron chi connectivity index (χ0n) is 12.1. The molecule has 2 rings (SSSR count). The third-order valence-electron chi connectivity index (χ3n) is 3.69. The van der Waals surface area contributed by atoms with Gasteiger partial charge in [0, 0.05) is 5.56 Å². The third kappa shape index (κ3) is 3.82. The second-order valence-electron chi connectivity index (χ2n) is 5.31. The molecule has 2 heteroatoms. The molecule has 0 fully saturated rings. The smallest absolute Gasteiger partial charge is 0.216 e. The van der Waals surface area contributed by atoms with Crippen LogP contribution in [-0.4, -0.2) is 18.0 Å². The number of aliphatic imine (C=N–C) groups is 1. The van der Waals surface area contributed by atoms with Crippen LogP contribution in [0.5, 0.6) is 0 Å². The Balaban J connectivity index is 2.05. The number of unbranched alkanes of at least 4 members (excludes halogenated alkanes) is 2. The van der Waals surface area contributed by atoms with Crippen molar-refractivity contribution in [3.05, 3.63) is 35.9 Å². The van der Waals surface area contributed by atoms with Crippen LogP contribution in [0.15, 0.2) is 35.3 Å². The molecule has 2 nitrogen and oxygen atoms in total. The normalized spacial score (nSPS) is 22.1. The Morgan fingerprint density at radius 3 is 2.37 bits per heavy atom. The first-order chi connectivity index (χ1) is 9.35. The Morgan fingerprint density at radius 2 is 1.68 bits per heavy atom. The molecule has 1 aliphatic rings. The first-order valence-electron chi connectivity index (χ1n) is 7.65. The van der Waals surface area contributed by atoms with Crippen molar-refractivity contribution in [3.63, 3.8) is 0 Å². The van der Waals surface area contributed by atoms with Crippen molar-refractivity contribution >= 4 is 5.90 Å². The molecule has 0 radical (unpaired) electrons. The highest BCUT2D eigenvalue weighted by Gasteiger charge is 2.30. The lowest BCUT2D eigenvalue weighted by Crippen LogP contribution is -2.22. The van der Waals surface area contributed by atoms with Gasteiger partial charge in [-0.2, -0.15) is 0 Å². The predicted octanol–water partition coefficient (Wildman–Crippen LogP) is 4.58. The average Bonchev–Trinajstić information content (AvgIpc) is 2.87. The van der Waals surface area contributed by atoms with Gasteiger partial charge in [0.15, 0.2) is 0 Å². The van der Waals surface area contributed by atoms with Gasteiger partial charge in [-0.15, -0.1) is 0 Å². The summed E-state index contributed by atoms with van der Waals surface area (Å²) in [7, 11) is 0. The number of rotatable bonds is 7. The fourth-order valence-corrected chi connectivity index (χ4v) is 2.53. The van der Waals surface area contributed by atoms with E-state index in [4.69, 9.17) is 9.73 Å². The van der Waals surface area contributed by atoms with Crippen molar-refractivity contribution in [1.29, 1.82) is 0 Å². The standard InChI is InChI=1S/C17H25NO/c1-3-5-12-15-16(13-6-4-2)19-17(18-15)14-10-8-7-9-11-14/h7-11,15-16H,3-6,12-13H2,1-2H3. The highest BCUT2D eigenvalue weighted by Crippen LogP contribution is 2.25. The molecule has 0 saturated carbocycles. The van der Waals surface area contributed by atoms with Crippen LogP contribution in [-0.2, 0) is 4.74 Å². The topological polar surface area (TPSA) is 21.6 Å².